The summed E-state index contributed by atoms with van der Waals surface area (Å²) in [5.41, 5.74) is 11.5. The van der Waals surface area contributed by atoms with Gasteiger partial charge < -0.3 is 14.0 Å². The summed E-state index contributed by atoms with van der Waals surface area (Å²) in [5.74, 6) is 0.783. The molecule has 0 amide bonds. The van der Waals surface area contributed by atoms with Gasteiger partial charge in [0, 0.05) is 42.8 Å². The van der Waals surface area contributed by atoms with E-state index in [2.05, 4.69) is 95.3 Å². The van der Waals surface area contributed by atoms with Crippen molar-refractivity contribution >= 4 is 43.9 Å². The number of rotatable bonds is 4. The maximum Gasteiger partial charge on any atom is 0.121 e. The minimum atomic E-state index is 0. The molecule has 0 bridgehead atoms. The summed E-state index contributed by atoms with van der Waals surface area (Å²) >= 11 is 0. The van der Waals surface area contributed by atoms with Gasteiger partial charge in [0.15, 0.2) is 0 Å². The molecule has 4 aromatic heterocycles. The second-order valence-electron chi connectivity index (χ2n) is 12.3. The van der Waals surface area contributed by atoms with Crippen LogP contribution in [0.5, 0.6) is 0 Å². The second kappa shape index (κ2) is 14.2. The van der Waals surface area contributed by atoms with Crippen molar-refractivity contribution in [2.75, 3.05) is 0 Å². The minimum Gasteiger partial charge on any atom is -0.501 e. The number of hydrogen-bond acceptors (Lipinski definition) is 4. The predicted octanol–water partition coefficient (Wildman–Crippen LogP) is 11.5. The van der Waals surface area contributed by atoms with Gasteiger partial charge in [-0.25, -0.2) is 0 Å². The normalized spacial score (nSPS) is 11.0. The Balaban J connectivity index is 0.000000253. The molecule has 1 radical (unpaired) electrons. The molecule has 0 aliphatic heterocycles. The van der Waals surface area contributed by atoms with Crippen molar-refractivity contribution in [1.29, 1.82) is 0 Å². The van der Waals surface area contributed by atoms with Crippen LogP contribution in [0.3, 0.4) is 0 Å². The van der Waals surface area contributed by atoms with Crippen LogP contribution in [-0.4, -0.2) is 19.5 Å². The van der Waals surface area contributed by atoms with Crippen molar-refractivity contribution in [3.05, 3.63) is 182 Å². The van der Waals surface area contributed by atoms with E-state index in [1.165, 1.54) is 0 Å². The molecule has 5 nitrogen and oxygen atoms in total. The van der Waals surface area contributed by atoms with Gasteiger partial charge in [0.05, 0.1) is 33.7 Å². The molecule has 10 rings (SSSR count). The Morgan fingerprint density at radius 3 is 2.17 bits per heavy atom. The van der Waals surface area contributed by atoms with Crippen LogP contribution in [0.25, 0.3) is 83.3 Å². The Labute approximate surface area is 314 Å². The third kappa shape index (κ3) is 5.98. The number of para-hydroxylation sites is 2. The average Bonchev–Trinajstić information content (AvgIpc) is 3.79. The summed E-state index contributed by atoms with van der Waals surface area (Å²) in [6.07, 6.45) is 1.79. The predicted molar refractivity (Wildman–Crippen MR) is 207 cm³/mol. The monoisotopic (exact) mass is 847 g/mol. The first-order chi connectivity index (χ1) is 25.2. The SMILES string of the molecule is Cc1nc2ccccc2c2nc(-c3[c-]ccc4c3oc3cc(-c5ccccc5)ccc34)n(-c3ccccc3)c12.[Ir].[c-]1ccccc1-c1ccccn1. The Kier molecular flexibility index (Phi) is 9.00. The Bertz CT molecular complexity index is 2760. The Morgan fingerprint density at radius 2 is 1.38 bits per heavy atom. The summed E-state index contributed by atoms with van der Waals surface area (Å²) in [6, 6.07) is 59.6. The molecule has 0 aliphatic carbocycles. The topological polar surface area (TPSA) is 56.7 Å². The van der Waals surface area contributed by atoms with Crippen molar-refractivity contribution in [2.24, 2.45) is 0 Å². The molecule has 0 N–H and O–H groups in total. The van der Waals surface area contributed by atoms with Crippen LogP contribution >= 0.6 is 0 Å². The van der Waals surface area contributed by atoms with Gasteiger partial charge in [0.25, 0.3) is 0 Å². The molecule has 52 heavy (non-hydrogen) atoms. The van der Waals surface area contributed by atoms with Gasteiger partial charge in [-0.15, -0.1) is 54.1 Å². The van der Waals surface area contributed by atoms with Crippen molar-refractivity contribution in [1.82, 2.24) is 19.5 Å². The van der Waals surface area contributed by atoms with Gasteiger partial charge in [-0.3, -0.25) is 9.97 Å². The smallest absolute Gasteiger partial charge is 0.121 e. The molecule has 0 fully saturated rings. The van der Waals surface area contributed by atoms with Gasteiger partial charge in [0.2, 0.25) is 0 Å². The number of benzene rings is 6. The molecule has 0 unspecified atom stereocenters. The van der Waals surface area contributed by atoms with Gasteiger partial charge in [0.1, 0.15) is 5.58 Å². The van der Waals surface area contributed by atoms with E-state index in [1.54, 1.807) is 6.20 Å². The van der Waals surface area contributed by atoms with E-state index in [0.717, 1.165) is 89.0 Å². The molecule has 4 heterocycles. The summed E-state index contributed by atoms with van der Waals surface area (Å²) in [4.78, 5) is 14.4. The van der Waals surface area contributed by atoms with Crippen LogP contribution in [-0.2, 0) is 20.1 Å². The molecular formula is C46H30IrN4O-2. The fourth-order valence-electron chi connectivity index (χ4n) is 6.74. The van der Waals surface area contributed by atoms with E-state index >= 15 is 0 Å². The molecule has 0 saturated heterocycles. The number of aryl methyl sites for hydroxylation is 1. The molecular weight excluding hydrogens is 817 g/mol. The number of fused-ring (bicyclic) bond motifs is 6. The number of pyridine rings is 2. The van der Waals surface area contributed by atoms with Crippen LogP contribution in [0.2, 0.25) is 0 Å². The molecule has 0 aliphatic rings. The second-order valence-corrected chi connectivity index (χ2v) is 12.3. The number of nitrogens with zero attached hydrogens (tertiary/aromatic N) is 4. The first-order valence-electron chi connectivity index (χ1n) is 16.9. The number of hydrogen-bond donors (Lipinski definition) is 0. The van der Waals surface area contributed by atoms with Crippen LogP contribution in [0.1, 0.15) is 5.69 Å². The fraction of sp³-hybridized carbons (Fsp3) is 0.0217. The summed E-state index contributed by atoms with van der Waals surface area (Å²) in [5, 5.41) is 3.15. The molecule has 10 aromatic rings. The van der Waals surface area contributed by atoms with Crippen LogP contribution in [0.15, 0.2) is 168 Å². The van der Waals surface area contributed by atoms with Gasteiger partial charge in [-0.2, -0.15) is 0 Å². The zero-order valence-corrected chi connectivity index (χ0v) is 30.5. The molecule has 6 aromatic carbocycles. The Morgan fingerprint density at radius 1 is 0.615 bits per heavy atom. The van der Waals surface area contributed by atoms with Crippen molar-refractivity contribution < 1.29 is 24.5 Å². The molecule has 0 spiro atoms. The summed E-state index contributed by atoms with van der Waals surface area (Å²) in [6.45, 7) is 2.05. The standard InChI is InChI=1S/C35H22N3O.C11H8N.Ir/c1-22-33-32(28-15-8-9-18-30(28)36-22)37-35(38(33)25-13-6-3-7-14-25)29-17-10-16-27-26-20-19-24(21-31(26)39-34(27)29)23-11-4-2-5-12-23;1-2-6-10(7-3-1)11-8-4-5-9-12-11;/h2-16,18-21H,1H3;1-6,8-9H;/q2*-1;. The zero-order chi connectivity index (χ0) is 34.1. The van der Waals surface area contributed by atoms with Crippen molar-refractivity contribution in [3.63, 3.8) is 0 Å². The van der Waals surface area contributed by atoms with Crippen LogP contribution < -0.4 is 0 Å². The van der Waals surface area contributed by atoms with E-state index in [9.17, 15) is 0 Å². The quantitative estimate of drug-likeness (QED) is 0.166. The summed E-state index contributed by atoms with van der Waals surface area (Å²) < 4.78 is 8.80. The van der Waals surface area contributed by atoms with Crippen molar-refractivity contribution in [3.8, 4) is 39.5 Å². The fourth-order valence-corrected chi connectivity index (χ4v) is 6.74. The van der Waals surface area contributed by atoms with Gasteiger partial charge >= 0.3 is 0 Å². The third-order valence-corrected chi connectivity index (χ3v) is 9.10. The molecule has 0 atom stereocenters. The third-order valence-electron chi connectivity index (χ3n) is 9.10. The largest absolute Gasteiger partial charge is 0.501 e. The molecule has 251 valence electrons. The maximum atomic E-state index is 6.60. The average molecular weight is 847 g/mol. The molecule has 6 heteroatoms. The maximum absolute atomic E-state index is 6.60. The van der Waals surface area contributed by atoms with Crippen molar-refractivity contribution in [2.45, 2.75) is 6.92 Å². The Hall–Kier alpha value is -6.20. The zero-order valence-electron chi connectivity index (χ0n) is 28.1. The van der Waals surface area contributed by atoms with E-state index in [-0.39, 0.29) is 20.1 Å². The van der Waals surface area contributed by atoms with Gasteiger partial charge in [-0.05, 0) is 54.1 Å². The number of imidazole rings is 1. The van der Waals surface area contributed by atoms with Crippen LogP contribution in [0, 0.1) is 19.1 Å². The number of furan rings is 1. The first kappa shape index (κ1) is 33.0. The minimum absolute atomic E-state index is 0. The van der Waals surface area contributed by atoms with Gasteiger partial charge in [-0.1, -0.05) is 102 Å². The molecule has 0 saturated carbocycles. The summed E-state index contributed by atoms with van der Waals surface area (Å²) in [7, 11) is 0. The number of aromatic nitrogens is 4. The van der Waals surface area contributed by atoms with E-state index in [1.807, 2.05) is 91.0 Å². The van der Waals surface area contributed by atoms with E-state index < -0.39 is 0 Å². The van der Waals surface area contributed by atoms with E-state index in [0.29, 0.717) is 0 Å². The van der Waals surface area contributed by atoms with E-state index in [4.69, 9.17) is 14.4 Å². The van der Waals surface area contributed by atoms with Crippen LogP contribution in [0.4, 0.5) is 0 Å². The first-order valence-corrected chi connectivity index (χ1v) is 16.9.